The molecule has 3 aromatic carbocycles. The fourth-order valence-electron chi connectivity index (χ4n) is 11.0. The average molecular weight is 1200 g/mol. The lowest BCUT2D eigenvalue weighted by molar-refractivity contribution is -0.136. The van der Waals surface area contributed by atoms with E-state index >= 15 is 0 Å². The molecule has 9 rings (SSSR count). The van der Waals surface area contributed by atoms with Gasteiger partial charge < -0.3 is 44.4 Å². The molecule has 0 spiro atoms. The number of rotatable bonds is 14. The van der Waals surface area contributed by atoms with E-state index in [-0.39, 0.29) is 35.7 Å². The molecule has 3 aromatic heterocycles. The second-order valence-corrected chi connectivity index (χ2v) is 22.7. The molecule has 0 bridgehead atoms. The number of aromatic nitrogens is 5. The number of hydrogen-bond acceptors (Lipinski definition) is 8. The minimum Gasteiger partial charge on any atom is -0.453 e. The average Bonchev–Trinajstić information content (AvgIpc) is 4.28. The Balaban J connectivity index is 1.01. The molecule has 4 amide bonds. The van der Waals surface area contributed by atoms with Crippen molar-refractivity contribution in [1.82, 2.24) is 44.9 Å². The van der Waals surface area contributed by atoms with Crippen molar-refractivity contribution in [3.63, 3.8) is 0 Å². The Morgan fingerprint density at radius 2 is 1.04 bits per heavy atom. The largest absolute Gasteiger partial charge is 0.453 e. The number of benzene rings is 3. The van der Waals surface area contributed by atoms with Crippen molar-refractivity contribution in [2.24, 2.45) is 11.8 Å². The molecule has 0 radical (unpaired) electrons. The monoisotopic (exact) mass is 1200 g/mol. The first-order valence-electron chi connectivity index (χ1n) is 25.7. The normalized spacial score (nSPS) is 18.0. The molecule has 2 aliphatic heterocycles. The standard InChI is InChI=1S/C56H64Br3N9O6/c1-31(2)44(62-55(71)73-5)53(69)66-28-10-14-41(66)51-60-46(49(58)64-51)36-18-16-35(17-19-36)43-30-40(57)48(68(43)39-26-24-34(25-27-39)33-12-8-7-9-13-33)38-22-20-37(21-23-38)47-50(59)65-52(61-47)42-15-11-29-67(42)54(70)45(32(3)4)63-56(72)74-6/h16-27,30-33,41-42,44-45H,7-15,28-29H2,1-6H3,(H,60,64)(H,61,65)(H,62,71)(H,63,72)/t41-,42-,44-,45-/m0/s1. The van der Waals surface area contributed by atoms with Crippen molar-refractivity contribution >= 4 is 71.8 Å². The summed E-state index contributed by atoms with van der Waals surface area (Å²) in [5, 5.41) is 5.46. The summed E-state index contributed by atoms with van der Waals surface area (Å²) in [6, 6.07) is 26.1. The fourth-order valence-corrected chi connectivity index (χ4v) is 12.6. The van der Waals surface area contributed by atoms with Gasteiger partial charge in [-0.25, -0.2) is 19.6 Å². The number of methoxy groups -OCH3 is 2. The molecule has 4 N–H and O–H groups in total. The van der Waals surface area contributed by atoms with Crippen LogP contribution in [-0.4, -0.2) is 97.7 Å². The molecule has 0 unspecified atom stereocenters. The Kier molecular flexibility index (Phi) is 16.5. The maximum absolute atomic E-state index is 13.9. The summed E-state index contributed by atoms with van der Waals surface area (Å²) in [5.41, 5.74) is 9.75. The van der Waals surface area contributed by atoms with E-state index < -0.39 is 24.3 Å². The summed E-state index contributed by atoms with van der Waals surface area (Å²) in [4.78, 5) is 72.7. The van der Waals surface area contributed by atoms with Crippen molar-refractivity contribution in [2.45, 2.75) is 116 Å². The quantitative estimate of drug-likeness (QED) is 0.0832. The zero-order chi connectivity index (χ0) is 52.4. The van der Waals surface area contributed by atoms with Crippen LogP contribution in [0, 0.1) is 11.8 Å². The highest BCUT2D eigenvalue weighted by molar-refractivity contribution is 9.11. The van der Waals surface area contributed by atoms with Gasteiger partial charge in [-0.3, -0.25) is 9.59 Å². The molecule has 5 heterocycles. The summed E-state index contributed by atoms with van der Waals surface area (Å²) in [6.45, 7) is 8.76. The lowest BCUT2D eigenvalue weighted by atomic mass is 9.84. The number of ether oxygens (including phenoxy) is 2. The molecule has 1 aliphatic carbocycles. The highest BCUT2D eigenvalue weighted by Gasteiger charge is 2.40. The van der Waals surface area contributed by atoms with Crippen LogP contribution in [0.3, 0.4) is 0 Å². The van der Waals surface area contributed by atoms with Crippen molar-refractivity contribution < 1.29 is 28.7 Å². The fraction of sp³-hybridized carbons (Fsp3) is 0.429. The van der Waals surface area contributed by atoms with Gasteiger partial charge in [0.25, 0.3) is 0 Å². The maximum Gasteiger partial charge on any atom is 0.407 e. The first-order chi connectivity index (χ1) is 35.6. The number of carbonyl (C=O) groups is 4. The van der Waals surface area contributed by atoms with Crippen LogP contribution in [0.5, 0.6) is 0 Å². The topological polar surface area (TPSA) is 180 Å². The predicted octanol–water partition coefficient (Wildman–Crippen LogP) is 13.0. The Hall–Kier alpha value is -5.72. The van der Waals surface area contributed by atoms with Crippen LogP contribution in [0.25, 0.3) is 50.7 Å². The zero-order valence-corrected chi connectivity index (χ0v) is 47.4. The second kappa shape index (κ2) is 23.0. The lowest BCUT2D eigenvalue weighted by Crippen LogP contribution is -2.51. The Bertz CT molecular complexity index is 2980. The van der Waals surface area contributed by atoms with Gasteiger partial charge in [0.15, 0.2) is 0 Å². The van der Waals surface area contributed by atoms with E-state index in [4.69, 9.17) is 19.4 Å². The number of amides is 4. The molecule has 6 aromatic rings. The summed E-state index contributed by atoms with van der Waals surface area (Å²) in [7, 11) is 2.59. The Morgan fingerprint density at radius 1 is 0.595 bits per heavy atom. The summed E-state index contributed by atoms with van der Waals surface area (Å²) < 4.78 is 14.4. The van der Waals surface area contributed by atoms with Gasteiger partial charge in [-0.15, -0.1) is 0 Å². The van der Waals surface area contributed by atoms with E-state index in [1.54, 1.807) is 0 Å². The number of nitrogens with one attached hydrogen (secondary N) is 4. The third-order valence-electron chi connectivity index (χ3n) is 14.9. The van der Waals surface area contributed by atoms with E-state index in [2.05, 4.69) is 152 Å². The van der Waals surface area contributed by atoms with Crippen molar-refractivity contribution in [3.05, 3.63) is 110 Å². The van der Waals surface area contributed by atoms with E-state index in [0.717, 1.165) is 90.1 Å². The maximum atomic E-state index is 13.9. The highest BCUT2D eigenvalue weighted by atomic mass is 79.9. The van der Waals surface area contributed by atoms with Gasteiger partial charge in [-0.05, 0) is 139 Å². The number of hydrogen-bond donors (Lipinski definition) is 4. The van der Waals surface area contributed by atoms with Gasteiger partial charge in [-0.2, -0.15) is 0 Å². The molecule has 18 heteroatoms. The third-order valence-corrected chi connectivity index (χ3v) is 16.7. The number of alkyl carbamates (subject to hydrolysis) is 2. The number of H-pyrrole nitrogens is 2. The molecule has 4 atom stereocenters. The highest BCUT2D eigenvalue weighted by Crippen LogP contribution is 2.43. The Labute approximate surface area is 457 Å². The minimum atomic E-state index is -0.724. The molecule has 390 valence electrons. The van der Waals surface area contributed by atoms with Crippen LogP contribution in [-0.2, 0) is 19.1 Å². The third kappa shape index (κ3) is 11.0. The van der Waals surface area contributed by atoms with Crippen LogP contribution in [0.2, 0.25) is 0 Å². The van der Waals surface area contributed by atoms with Gasteiger partial charge in [0.1, 0.15) is 44.3 Å². The van der Waals surface area contributed by atoms with Crippen molar-refractivity contribution in [3.8, 4) is 50.7 Å². The summed E-state index contributed by atoms with van der Waals surface area (Å²) in [5.74, 6) is 1.36. The first kappa shape index (κ1) is 53.1. The number of nitrogens with zero attached hydrogens (tertiary/aromatic N) is 5. The molecular weight excluding hydrogens is 1130 g/mol. The smallest absolute Gasteiger partial charge is 0.407 e. The molecule has 74 heavy (non-hydrogen) atoms. The SMILES string of the molecule is COC(=O)N[C@H](C(=O)N1CCC[C@H]1c1nc(-c2ccc(-c3cc(Br)c(-c4ccc(-c5nc([C@@H]6CCCN6C(=O)[C@@H](NC(=O)OC)C(C)C)[nH]c5Br)cc4)n3-c3ccc(C4CCCCC4)cc3)cc2)c(Br)[nH]1)C(C)C. The van der Waals surface area contributed by atoms with E-state index in [1.807, 2.05) is 37.5 Å². The minimum absolute atomic E-state index is 0.135. The van der Waals surface area contributed by atoms with Crippen LogP contribution in [0.1, 0.15) is 121 Å². The molecule has 3 aliphatic rings. The van der Waals surface area contributed by atoms with Gasteiger partial charge in [0.05, 0.1) is 37.7 Å². The van der Waals surface area contributed by atoms with Crippen molar-refractivity contribution in [1.29, 1.82) is 0 Å². The van der Waals surface area contributed by atoms with Gasteiger partial charge in [-0.1, -0.05) is 108 Å². The number of carbonyl (C=O) groups excluding carboxylic acids is 4. The van der Waals surface area contributed by atoms with Crippen molar-refractivity contribution in [2.75, 3.05) is 27.3 Å². The first-order valence-corrected chi connectivity index (χ1v) is 28.1. The molecule has 15 nitrogen and oxygen atoms in total. The number of imidazole rings is 2. The number of aromatic amines is 2. The summed E-state index contributed by atoms with van der Waals surface area (Å²) in [6.07, 6.45) is 8.14. The van der Waals surface area contributed by atoms with Gasteiger partial charge >= 0.3 is 12.2 Å². The molecule has 1 saturated carbocycles. The van der Waals surface area contributed by atoms with Crippen LogP contribution in [0.15, 0.2) is 92.5 Å². The van der Waals surface area contributed by atoms with Crippen LogP contribution < -0.4 is 10.6 Å². The lowest BCUT2D eigenvalue weighted by Gasteiger charge is -2.29. The van der Waals surface area contributed by atoms with E-state index in [9.17, 15) is 19.2 Å². The molecular formula is C56H64Br3N9O6. The van der Waals surface area contributed by atoms with E-state index in [1.165, 1.54) is 51.9 Å². The molecule has 2 saturated heterocycles. The van der Waals surface area contributed by atoms with E-state index in [0.29, 0.717) is 30.7 Å². The van der Waals surface area contributed by atoms with Crippen LogP contribution >= 0.6 is 47.8 Å². The number of likely N-dealkylation sites (tertiary alicyclic amines) is 2. The second-order valence-electron chi connectivity index (χ2n) is 20.3. The van der Waals surface area contributed by atoms with Crippen LogP contribution in [0.4, 0.5) is 9.59 Å². The zero-order valence-electron chi connectivity index (χ0n) is 42.6. The summed E-state index contributed by atoms with van der Waals surface area (Å²) >= 11 is 11.5. The Morgan fingerprint density at radius 3 is 1.49 bits per heavy atom. The number of halogens is 3. The molecule has 3 fully saturated rings. The van der Waals surface area contributed by atoms with Gasteiger partial charge in [0, 0.05) is 34.4 Å². The predicted molar refractivity (Wildman–Crippen MR) is 296 cm³/mol. The van der Waals surface area contributed by atoms with Gasteiger partial charge in [0.2, 0.25) is 11.8 Å².